The molecule has 0 spiro atoms. The maximum Gasteiger partial charge on any atom is 0.246 e. The van der Waals surface area contributed by atoms with E-state index in [-0.39, 0.29) is 23.8 Å². The molecule has 1 rings (SSSR count). The van der Waals surface area contributed by atoms with Crippen LogP contribution in [0.15, 0.2) is 21.5 Å². The van der Waals surface area contributed by atoms with Crippen molar-refractivity contribution >= 4 is 31.6 Å². The number of nitrogens with zero attached hydrogens (tertiary/aromatic N) is 1. The highest BCUT2D eigenvalue weighted by Crippen LogP contribution is 2.33. The van der Waals surface area contributed by atoms with Crippen LogP contribution in [0.3, 0.4) is 0 Å². The molecule has 0 fully saturated rings. The van der Waals surface area contributed by atoms with Crippen LogP contribution in [0.2, 0.25) is 0 Å². The monoisotopic (exact) mass is 366 g/mol. The number of rotatable bonds is 7. The van der Waals surface area contributed by atoms with Gasteiger partial charge in [-0.15, -0.1) is 0 Å². The lowest BCUT2D eigenvalue weighted by Gasteiger charge is -2.22. The number of nitrogens with two attached hydrogens (primary N) is 1. The number of hydrogen-bond donors (Lipinski definition) is 2. The molecule has 1 aromatic rings. The van der Waals surface area contributed by atoms with Crippen LogP contribution in [0.25, 0.3) is 0 Å². The van der Waals surface area contributed by atoms with Gasteiger partial charge in [0.1, 0.15) is 10.6 Å². The van der Waals surface area contributed by atoms with E-state index in [1.807, 2.05) is 6.92 Å². The van der Waals surface area contributed by atoms with Crippen molar-refractivity contribution in [3.8, 4) is 5.75 Å². The molecule has 114 valence electrons. The van der Waals surface area contributed by atoms with Crippen LogP contribution in [0.4, 0.5) is 5.69 Å². The number of sulfonamides is 1. The molecule has 0 bridgehead atoms. The normalized spacial score (nSPS) is 11.8. The Kier molecular flexibility index (Phi) is 6.25. The van der Waals surface area contributed by atoms with Crippen LogP contribution in [-0.4, -0.2) is 44.6 Å². The highest BCUT2D eigenvalue weighted by Gasteiger charge is 2.27. The summed E-state index contributed by atoms with van der Waals surface area (Å²) in [5.41, 5.74) is 6.06. The van der Waals surface area contributed by atoms with E-state index in [4.69, 9.17) is 15.6 Å². The van der Waals surface area contributed by atoms with Crippen molar-refractivity contribution in [2.75, 3.05) is 32.5 Å². The fraction of sp³-hybridized carbons (Fsp3) is 0.500. The molecule has 0 amide bonds. The maximum atomic E-state index is 12.6. The summed E-state index contributed by atoms with van der Waals surface area (Å²) in [6.07, 6.45) is 0.646. The summed E-state index contributed by atoms with van der Waals surface area (Å²) in [6.45, 7) is 1.98. The van der Waals surface area contributed by atoms with Gasteiger partial charge in [-0.2, -0.15) is 4.31 Å². The molecule has 0 atom stereocenters. The molecule has 0 aliphatic rings. The average Bonchev–Trinajstić information content (AvgIpc) is 2.41. The number of benzene rings is 1. The van der Waals surface area contributed by atoms with Crippen LogP contribution in [-0.2, 0) is 10.0 Å². The first-order valence-electron chi connectivity index (χ1n) is 6.12. The van der Waals surface area contributed by atoms with Crippen molar-refractivity contribution in [2.45, 2.75) is 18.2 Å². The highest BCUT2D eigenvalue weighted by atomic mass is 79.9. The highest BCUT2D eigenvalue weighted by molar-refractivity contribution is 9.10. The molecule has 0 saturated carbocycles. The first-order valence-corrected chi connectivity index (χ1v) is 8.35. The molecule has 6 nitrogen and oxygen atoms in total. The van der Waals surface area contributed by atoms with E-state index in [0.717, 1.165) is 0 Å². The van der Waals surface area contributed by atoms with Crippen LogP contribution in [0.1, 0.15) is 13.3 Å². The summed E-state index contributed by atoms with van der Waals surface area (Å²) >= 11 is 3.23. The van der Waals surface area contributed by atoms with Gasteiger partial charge in [-0.05, 0) is 34.5 Å². The van der Waals surface area contributed by atoms with Gasteiger partial charge in [-0.25, -0.2) is 8.42 Å². The fourth-order valence-electron chi connectivity index (χ4n) is 1.76. The second kappa shape index (κ2) is 7.26. The summed E-state index contributed by atoms with van der Waals surface area (Å²) in [6, 6.07) is 2.88. The summed E-state index contributed by atoms with van der Waals surface area (Å²) in [7, 11) is -2.36. The lowest BCUT2D eigenvalue weighted by molar-refractivity contribution is 0.253. The third-order valence-corrected chi connectivity index (χ3v) is 5.33. The Morgan fingerprint density at radius 2 is 2.05 bits per heavy atom. The zero-order chi connectivity index (χ0) is 15.3. The van der Waals surface area contributed by atoms with Gasteiger partial charge in [-0.1, -0.05) is 6.92 Å². The molecule has 0 aliphatic carbocycles. The van der Waals surface area contributed by atoms with Gasteiger partial charge in [0, 0.05) is 23.2 Å². The number of hydrogen-bond acceptors (Lipinski definition) is 5. The Balaban J connectivity index is 3.36. The first kappa shape index (κ1) is 17.2. The topological polar surface area (TPSA) is 92.9 Å². The number of nitrogen functional groups attached to an aromatic ring is 1. The van der Waals surface area contributed by atoms with Crippen molar-refractivity contribution in [3.63, 3.8) is 0 Å². The SMILES string of the molecule is CCCN(CCO)S(=O)(=O)c1cc(N)c(Br)cc1OC. The largest absolute Gasteiger partial charge is 0.495 e. The Morgan fingerprint density at radius 3 is 2.55 bits per heavy atom. The second-order valence-corrected chi connectivity index (χ2v) is 6.91. The minimum atomic E-state index is -3.76. The molecule has 0 aromatic heterocycles. The Hall–Kier alpha value is -0.830. The van der Waals surface area contributed by atoms with E-state index in [2.05, 4.69) is 15.9 Å². The summed E-state index contributed by atoms with van der Waals surface area (Å²) in [4.78, 5) is 0.00241. The van der Waals surface area contributed by atoms with Gasteiger partial charge in [0.05, 0.1) is 13.7 Å². The van der Waals surface area contributed by atoms with Gasteiger partial charge in [0.15, 0.2) is 0 Å². The Bertz CT molecular complexity index is 557. The first-order chi connectivity index (χ1) is 9.38. The van der Waals surface area contributed by atoms with E-state index in [1.54, 1.807) is 0 Å². The molecule has 3 N–H and O–H groups in total. The average molecular weight is 367 g/mol. The smallest absolute Gasteiger partial charge is 0.246 e. The Labute approximate surface area is 127 Å². The van der Waals surface area contributed by atoms with Crippen LogP contribution >= 0.6 is 15.9 Å². The number of aliphatic hydroxyl groups excluding tert-OH is 1. The molecular formula is C12H19BrN2O4S. The number of ether oxygens (including phenoxy) is 1. The lowest BCUT2D eigenvalue weighted by atomic mass is 10.3. The minimum Gasteiger partial charge on any atom is -0.495 e. The van der Waals surface area contributed by atoms with Gasteiger partial charge in [-0.3, -0.25) is 0 Å². The predicted molar refractivity (Wildman–Crippen MR) is 81.2 cm³/mol. The van der Waals surface area contributed by atoms with E-state index < -0.39 is 10.0 Å². The molecule has 8 heteroatoms. The third kappa shape index (κ3) is 3.63. The molecule has 0 radical (unpaired) electrons. The van der Waals surface area contributed by atoms with Crippen LogP contribution in [0, 0.1) is 0 Å². The summed E-state index contributed by atoms with van der Waals surface area (Å²) in [5.74, 6) is 0.213. The number of aliphatic hydroxyl groups is 1. The number of methoxy groups -OCH3 is 1. The zero-order valence-electron chi connectivity index (χ0n) is 11.5. The standard InChI is InChI=1S/C12H19BrN2O4S/c1-3-4-15(5-6-16)20(17,18)12-8-10(14)9(13)7-11(12)19-2/h7-8,16H,3-6,14H2,1-2H3. The van der Waals surface area contributed by atoms with Crippen molar-refractivity contribution in [3.05, 3.63) is 16.6 Å². The maximum absolute atomic E-state index is 12.6. The van der Waals surface area contributed by atoms with Crippen molar-refractivity contribution in [1.82, 2.24) is 4.31 Å². The van der Waals surface area contributed by atoms with Gasteiger partial charge in [0.25, 0.3) is 0 Å². The molecule has 0 saturated heterocycles. The lowest BCUT2D eigenvalue weighted by Crippen LogP contribution is -2.34. The second-order valence-electron chi connectivity index (χ2n) is 4.15. The van der Waals surface area contributed by atoms with Crippen molar-refractivity contribution < 1.29 is 18.3 Å². The quantitative estimate of drug-likeness (QED) is 0.712. The minimum absolute atomic E-state index is 0.00241. The van der Waals surface area contributed by atoms with Gasteiger partial charge in [0.2, 0.25) is 10.0 Å². The van der Waals surface area contributed by atoms with Gasteiger partial charge < -0.3 is 15.6 Å². The summed E-state index contributed by atoms with van der Waals surface area (Å²) < 4.78 is 32.1. The zero-order valence-corrected chi connectivity index (χ0v) is 13.9. The number of anilines is 1. The molecule has 1 aromatic carbocycles. The Morgan fingerprint density at radius 1 is 1.40 bits per heavy atom. The van der Waals surface area contributed by atoms with E-state index in [0.29, 0.717) is 23.1 Å². The van der Waals surface area contributed by atoms with Gasteiger partial charge >= 0.3 is 0 Å². The third-order valence-electron chi connectivity index (χ3n) is 2.72. The van der Waals surface area contributed by atoms with E-state index in [9.17, 15) is 8.42 Å². The molecule has 0 aliphatic heterocycles. The van der Waals surface area contributed by atoms with Crippen molar-refractivity contribution in [2.24, 2.45) is 0 Å². The molecule has 0 heterocycles. The molecular weight excluding hydrogens is 348 g/mol. The van der Waals surface area contributed by atoms with E-state index in [1.165, 1.54) is 23.5 Å². The van der Waals surface area contributed by atoms with Crippen molar-refractivity contribution in [1.29, 1.82) is 0 Å². The predicted octanol–water partition coefficient (Wildman–Crippen LogP) is 1.43. The molecule has 20 heavy (non-hydrogen) atoms. The van der Waals surface area contributed by atoms with Crippen LogP contribution < -0.4 is 10.5 Å². The number of halogens is 1. The summed E-state index contributed by atoms with van der Waals surface area (Å²) in [5, 5.41) is 9.03. The molecule has 0 unspecified atom stereocenters. The fourth-order valence-corrected chi connectivity index (χ4v) is 3.78. The van der Waals surface area contributed by atoms with Crippen LogP contribution in [0.5, 0.6) is 5.75 Å². The van der Waals surface area contributed by atoms with E-state index >= 15 is 0 Å².